The van der Waals surface area contributed by atoms with Crippen LogP contribution < -0.4 is 0 Å². The van der Waals surface area contributed by atoms with E-state index in [1.165, 1.54) is 7.11 Å². The van der Waals surface area contributed by atoms with Crippen LogP contribution in [0.2, 0.25) is 0 Å². The fourth-order valence-electron chi connectivity index (χ4n) is 13.6. The number of ether oxygens (including phenoxy) is 7. The molecule has 13 heteroatoms. The largest absolute Gasteiger partial charge is 0.458 e. The van der Waals surface area contributed by atoms with E-state index in [9.17, 15) is 24.6 Å². The van der Waals surface area contributed by atoms with E-state index in [2.05, 4.69) is 4.90 Å². The van der Waals surface area contributed by atoms with E-state index < -0.39 is 106 Å². The van der Waals surface area contributed by atoms with Crippen molar-refractivity contribution in [3.63, 3.8) is 0 Å². The van der Waals surface area contributed by atoms with Crippen molar-refractivity contribution in [3.05, 3.63) is 108 Å². The number of piperidine rings is 1. The Bertz CT molecular complexity index is 2040. The molecule has 0 radical (unpaired) electrons. The molecule has 6 aliphatic rings. The first kappa shape index (κ1) is 39.3. The molecule has 0 aromatic heterocycles. The average molecular weight is 798 g/mol. The number of hydrogen-bond acceptors (Lipinski definition) is 13. The van der Waals surface area contributed by atoms with Gasteiger partial charge in [0.05, 0.1) is 35.5 Å². The minimum Gasteiger partial charge on any atom is -0.458 e. The first-order valence-corrected chi connectivity index (χ1v) is 20.0. The Labute approximate surface area is 337 Å². The summed E-state index contributed by atoms with van der Waals surface area (Å²) in [7, 11) is 8.23. The van der Waals surface area contributed by atoms with E-state index in [-0.39, 0.29) is 30.6 Å². The average Bonchev–Trinajstić information content (AvgIpc) is 3.64. The highest BCUT2D eigenvalue weighted by atomic mass is 16.6. The number of benzene rings is 3. The first-order chi connectivity index (χ1) is 28.0. The van der Waals surface area contributed by atoms with Gasteiger partial charge in [-0.1, -0.05) is 54.6 Å². The number of carbonyl (C=O) groups excluding carboxylic acids is 3. The number of esters is 3. The molecule has 7 bridgehead atoms. The van der Waals surface area contributed by atoms with Crippen LogP contribution in [0.5, 0.6) is 0 Å². The van der Waals surface area contributed by atoms with Crippen LogP contribution in [-0.4, -0.2) is 136 Å². The zero-order chi connectivity index (χ0) is 40.8. The molecule has 3 aromatic carbocycles. The fourth-order valence-corrected chi connectivity index (χ4v) is 13.6. The molecule has 1 spiro atoms. The van der Waals surface area contributed by atoms with E-state index in [1.54, 1.807) is 106 Å². The van der Waals surface area contributed by atoms with Gasteiger partial charge in [0.2, 0.25) is 0 Å². The van der Waals surface area contributed by atoms with E-state index in [0.717, 1.165) is 0 Å². The van der Waals surface area contributed by atoms with Crippen molar-refractivity contribution in [2.24, 2.45) is 34.5 Å². The third-order valence-electron chi connectivity index (χ3n) is 15.0. The molecule has 2 N–H and O–H groups in total. The second-order valence-electron chi connectivity index (χ2n) is 17.2. The number of carbonyl (C=O) groups is 3. The summed E-state index contributed by atoms with van der Waals surface area (Å²) < 4.78 is 44.8. The minimum absolute atomic E-state index is 0.00595. The number of hydrogen-bond donors (Lipinski definition) is 2. The monoisotopic (exact) mass is 797 g/mol. The van der Waals surface area contributed by atoms with Crippen molar-refractivity contribution < 1.29 is 57.8 Å². The summed E-state index contributed by atoms with van der Waals surface area (Å²) in [5.41, 5.74) is -4.80. The molecule has 3 aromatic rings. The predicted octanol–water partition coefficient (Wildman–Crippen LogP) is 3.42. The molecule has 5 aliphatic carbocycles. The molecule has 1 aliphatic heterocycles. The van der Waals surface area contributed by atoms with Crippen molar-refractivity contribution >= 4 is 17.9 Å². The van der Waals surface area contributed by atoms with Gasteiger partial charge in [0.1, 0.15) is 29.5 Å². The third kappa shape index (κ3) is 5.10. The van der Waals surface area contributed by atoms with Crippen LogP contribution in [-0.2, 0) is 33.2 Å². The highest BCUT2D eigenvalue weighted by Crippen LogP contribution is 2.80. The summed E-state index contributed by atoms with van der Waals surface area (Å²) in [4.78, 5) is 44.3. The Morgan fingerprint density at radius 3 is 1.71 bits per heavy atom. The lowest BCUT2D eigenvalue weighted by molar-refractivity contribution is -0.317. The SMILES string of the molecule is COC[C@]12CN(C)[C@H]3C4C(OC)C1C3(C(OC)CC2OC(=O)c1ccccc1)C1CC2(O)C(OC(=O)c3ccccc3)C1C4(O)[C@@H](OC(=O)c1ccccc1)[C@H]2OC. The number of likely N-dealkylation sites (tertiary alicyclic amines) is 1. The van der Waals surface area contributed by atoms with Crippen LogP contribution in [0.3, 0.4) is 0 Å². The van der Waals surface area contributed by atoms with Gasteiger partial charge in [0.25, 0.3) is 0 Å². The molecule has 308 valence electrons. The molecule has 5 saturated carbocycles. The Morgan fingerprint density at radius 2 is 1.21 bits per heavy atom. The highest BCUT2D eigenvalue weighted by molar-refractivity contribution is 5.90. The van der Waals surface area contributed by atoms with Crippen LogP contribution in [0.1, 0.15) is 43.9 Å². The van der Waals surface area contributed by atoms with Gasteiger partial charge in [-0.25, -0.2) is 14.4 Å². The lowest BCUT2D eigenvalue weighted by Crippen LogP contribution is -2.81. The summed E-state index contributed by atoms with van der Waals surface area (Å²) in [6.07, 6.45) is -5.83. The van der Waals surface area contributed by atoms with Gasteiger partial charge in [0, 0.05) is 76.0 Å². The van der Waals surface area contributed by atoms with Crippen molar-refractivity contribution in [3.8, 4) is 0 Å². The van der Waals surface area contributed by atoms with Crippen LogP contribution >= 0.6 is 0 Å². The summed E-state index contributed by atoms with van der Waals surface area (Å²) in [6.45, 7) is 0.579. The van der Waals surface area contributed by atoms with Gasteiger partial charge >= 0.3 is 17.9 Å². The van der Waals surface area contributed by atoms with E-state index >= 15 is 0 Å². The molecule has 6 fully saturated rings. The molecule has 58 heavy (non-hydrogen) atoms. The molecule has 11 unspecified atom stereocenters. The molecular formula is C45H51NO12. The number of methoxy groups -OCH3 is 4. The molecule has 13 nitrogen and oxygen atoms in total. The zero-order valence-corrected chi connectivity index (χ0v) is 33.3. The Kier molecular flexibility index (Phi) is 9.63. The molecule has 15 atom stereocenters. The molecule has 9 rings (SSSR count). The van der Waals surface area contributed by atoms with Crippen LogP contribution in [0, 0.1) is 34.5 Å². The van der Waals surface area contributed by atoms with Crippen LogP contribution in [0.25, 0.3) is 0 Å². The summed E-state index contributed by atoms with van der Waals surface area (Å²) >= 11 is 0. The van der Waals surface area contributed by atoms with Gasteiger partial charge in [-0.3, -0.25) is 0 Å². The van der Waals surface area contributed by atoms with Gasteiger partial charge in [-0.15, -0.1) is 0 Å². The number of fused-ring (bicyclic) bond motifs is 2. The summed E-state index contributed by atoms with van der Waals surface area (Å²) in [5.74, 6) is -4.77. The highest BCUT2D eigenvalue weighted by Gasteiger charge is 2.92. The normalized spacial score (nSPS) is 41.7. The Morgan fingerprint density at radius 1 is 0.672 bits per heavy atom. The van der Waals surface area contributed by atoms with Gasteiger partial charge < -0.3 is 48.3 Å². The molecule has 1 saturated heterocycles. The Hall–Kier alpha value is -4.21. The second-order valence-corrected chi connectivity index (χ2v) is 17.2. The zero-order valence-electron chi connectivity index (χ0n) is 33.3. The van der Waals surface area contributed by atoms with Crippen molar-refractivity contribution in [1.82, 2.24) is 4.90 Å². The molecule has 1 heterocycles. The summed E-state index contributed by atoms with van der Waals surface area (Å²) in [6, 6.07) is 25.3. The lowest BCUT2D eigenvalue weighted by atomic mass is 9.42. The number of rotatable bonds is 11. The second kappa shape index (κ2) is 14.2. The fraction of sp³-hybridized carbons (Fsp3) is 0.533. The number of aliphatic hydroxyl groups is 2. The molecule has 0 amide bonds. The topological polar surface area (TPSA) is 160 Å². The predicted molar refractivity (Wildman–Crippen MR) is 206 cm³/mol. The van der Waals surface area contributed by atoms with E-state index in [0.29, 0.717) is 12.1 Å². The maximum atomic E-state index is 14.1. The standard InChI is InChI=1S/C45H51NO12/c1-46-23-42(24-52-2)29(56-39(47)25-15-9-6-10-16-25)21-30(53-3)44-28-22-43(50)36(57-40(48)26-17-11-7-12-18-26)31(28)45(51,32(35(44)46)33(54-4)34(42)44)38(37(43)55-5)58-41(49)27-19-13-8-14-20-27/h6-20,28-38,50-51H,21-24H2,1-5H3/t28?,29?,30?,31?,32?,33?,34?,35-,36?,37+,38-,42-,43?,44?,45?/m0/s1. The number of nitrogens with zero attached hydrogens (tertiary/aromatic N) is 1. The minimum atomic E-state index is -2.00. The van der Waals surface area contributed by atoms with Crippen molar-refractivity contribution in [2.45, 2.75) is 66.7 Å². The smallest absolute Gasteiger partial charge is 0.338 e. The van der Waals surface area contributed by atoms with E-state index in [1.807, 2.05) is 13.1 Å². The van der Waals surface area contributed by atoms with E-state index in [4.69, 9.17) is 33.2 Å². The third-order valence-corrected chi connectivity index (χ3v) is 15.0. The summed E-state index contributed by atoms with van der Waals surface area (Å²) in [5, 5.41) is 27.4. The van der Waals surface area contributed by atoms with Crippen molar-refractivity contribution in [1.29, 1.82) is 0 Å². The van der Waals surface area contributed by atoms with Gasteiger partial charge in [0.15, 0.2) is 6.10 Å². The van der Waals surface area contributed by atoms with Gasteiger partial charge in [-0.05, 0) is 55.8 Å². The Balaban J connectivity index is 1.25. The van der Waals surface area contributed by atoms with Crippen molar-refractivity contribution in [2.75, 3.05) is 48.6 Å². The van der Waals surface area contributed by atoms with Gasteiger partial charge in [-0.2, -0.15) is 0 Å². The lowest BCUT2D eigenvalue weighted by Gasteiger charge is -2.70. The maximum Gasteiger partial charge on any atom is 0.338 e. The quantitative estimate of drug-likeness (QED) is 0.215. The molecular weight excluding hydrogens is 746 g/mol. The van der Waals surface area contributed by atoms with Crippen LogP contribution in [0.4, 0.5) is 0 Å². The first-order valence-electron chi connectivity index (χ1n) is 20.0. The van der Waals surface area contributed by atoms with Crippen LogP contribution in [0.15, 0.2) is 91.0 Å². The maximum absolute atomic E-state index is 14.1.